The maximum absolute atomic E-state index is 13.8. The van der Waals surface area contributed by atoms with E-state index < -0.39 is 21.7 Å². The predicted octanol–water partition coefficient (Wildman–Crippen LogP) is 2.55. The third kappa shape index (κ3) is 5.47. The van der Waals surface area contributed by atoms with Crippen LogP contribution in [0.25, 0.3) is 0 Å². The Hall–Kier alpha value is -2.36. The summed E-state index contributed by atoms with van der Waals surface area (Å²) >= 11 is 0. The van der Waals surface area contributed by atoms with E-state index in [2.05, 4.69) is 0 Å². The van der Waals surface area contributed by atoms with Crippen molar-refractivity contribution in [1.29, 1.82) is 0 Å². The van der Waals surface area contributed by atoms with Crippen LogP contribution in [0.5, 0.6) is 0 Å². The molecule has 0 spiro atoms. The number of benzene rings is 2. The molecular formula is C22H27F2N3O3S. The Morgan fingerprint density at radius 1 is 1.00 bits per heavy atom. The van der Waals surface area contributed by atoms with E-state index in [-0.39, 0.29) is 37.0 Å². The first-order chi connectivity index (χ1) is 14.6. The molecule has 0 saturated carbocycles. The van der Waals surface area contributed by atoms with Gasteiger partial charge in [0.25, 0.3) is 0 Å². The van der Waals surface area contributed by atoms with E-state index in [1.54, 1.807) is 35.0 Å². The number of piperazine rings is 1. The van der Waals surface area contributed by atoms with Gasteiger partial charge >= 0.3 is 0 Å². The lowest BCUT2D eigenvalue weighted by Gasteiger charge is -2.35. The summed E-state index contributed by atoms with van der Waals surface area (Å²) in [4.78, 5) is 16.1. The molecule has 6 nitrogen and oxygen atoms in total. The number of rotatable bonds is 6. The zero-order valence-electron chi connectivity index (χ0n) is 17.9. The van der Waals surface area contributed by atoms with Crippen LogP contribution in [-0.2, 0) is 21.4 Å². The lowest BCUT2D eigenvalue weighted by atomic mass is 10.1. The average molecular weight is 452 g/mol. The maximum atomic E-state index is 13.8. The Morgan fingerprint density at radius 2 is 1.68 bits per heavy atom. The number of carbonyl (C=O) groups excluding carboxylic acids is 1. The van der Waals surface area contributed by atoms with Crippen molar-refractivity contribution in [2.45, 2.75) is 25.3 Å². The van der Waals surface area contributed by atoms with E-state index >= 15 is 0 Å². The number of aryl methyl sites for hydroxylation is 2. The molecule has 2 aromatic carbocycles. The first kappa shape index (κ1) is 23.3. The van der Waals surface area contributed by atoms with Gasteiger partial charge in [-0.3, -0.25) is 9.69 Å². The highest BCUT2D eigenvalue weighted by atomic mass is 32.2. The summed E-state index contributed by atoms with van der Waals surface area (Å²) in [6.45, 7) is 5.05. The predicted molar refractivity (Wildman–Crippen MR) is 114 cm³/mol. The molecule has 0 radical (unpaired) electrons. The first-order valence-electron chi connectivity index (χ1n) is 10.1. The molecule has 1 amide bonds. The smallest absolute Gasteiger partial charge is 0.243 e. The molecule has 0 N–H and O–H groups in total. The van der Waals surface area contributed by atoms with Crippen molar-refractivity contribution in [3.63, 3.8) is 0 Å². The van der Waals surface area contributed by atoms with Crippen molar-refractivity contribution in [3.8, 4) is 0 Å². The van der Waals surface area contributed by atoms with Crippen LogP contribution in [0.2, 0.25) is 0 Å². The molecule has 0 unspecified atom stereocenters. The molecule has 1 saturated heterocycles. The lowest BCUT2D eigenvalue weighted by Crippen LogP contribution is -2.52. The summed E-state index contributed by atoms with van der Waals surface area (Å²) in [6, 6.07) is 8.44. The van der Waals surface area contributed by atoms with Gasteiger partial charge in [0.1, 0.15) is 11.6 Å². The third-order valence-corrected chi connectivity index (χ3v) is 7.46. The van der Waals surface area contributed by atoms with E-state index in [0.717, 1.165) is 17.2 Å². The third-order valence-electron chi connectivity index (χ3n) is 5.57. The summed E-state index contributed by atoms with van der Waals surface area (Å²) in [7, 11) is -1.93. The van der Waals surface area contributed by atoms with Crippen molar-refractivity contribution in [1.82, 2.24) is 14.1 Å². The van der Waals surface area contributed by atoms with Gasteiger partial charge in [-0.25, -0.2) is 17.2 Å². The first-order valence-corrected chi connectivity index (χ1v) is 11.5. The van der Waals surface area contributed by atoms with Crippen molar-refractivity contribution < 1.29 is 22.0 Å². The van der Waals surface area contributed by atoms with Gasteiger partial charge in [0, 0.05) is 44.4 Å². The van der Waals surface area contributed by atoms with Gasteiger partial charge in [-0.2, -0.15) is 4.31 Å². The molecule has 3 rings (SSSR count). The Bertz CT molecular complexity index is 1070. The van der Waals surface area contributed by atoms with Crippen LogP contribution in [0, 0.1) is 25.5 Å². The Balaban J connectivity index is 1.56. The molecule has 0 bridgehead atoms. The molecule has 0 aromatic heterocycles. The second-order valence-corrected chi connectivity index (χ2v) is 9.88. The minimum atomic E-state index is -3.61. The van der Waals surface area contributed by atoms with Crippen molar-refractivity contribution in [2.75, 3.05) is 39.8 Å². The van der Waals surface area contributed by atoms with Crippen LogP contribution in [0.3, 0.4) is 0 Å². The van der Waals surface area contributed by atoms with E-state index in [1.165, 1.54) is 16.4 Å². The number of carbonyl (C=O) groups is 1. The normalized spacial score (nSPS) is 15.5. The fraction of sp³-hybridized carbons (Fsp3) is 0.409. The van der Waals surface area contributed by atoms with Crippen LogP contribution in [-0.4, -0.2) is 68.2 Å². The number of likely N-dealkylation sites (N-methyl/N-ethyl adjacent to an activating group) is 1. The molecule has 0 atom stereocenters. The van der Waals surface area contributed by atoms with Crippen molar-refractivity contribution in [2.24, 2.45) is 0 Å². The second-order valence-electron chi connectivity index (χ2n) is 7.94. The van der Waals surface area contributed by atoms with Crippen LogP contribution in [0.4, 0.5) is 8.78 Å². The molecular weight excluding hydrogens is 424 g/mol. The molecule has 1 aliphatic heterocycles. The number of nitrogens with zero attached hydrogens (tertiary/aromatic N) is 3. The van der Waals surface area contributed by atoms with Gasteiger partial charge in [-0.15, -0.1) is 0 Å². The zero-order chi connectivity index (χ0) is 22.8. The molecule has 9 heteroatoms. The Kier molecular flexibility index (Phi) is 7.08. The van der Waals surface area contributed by atoms with Gasteiger partial charge in [-0.05, 0) is 50.2 Å². The molecule has 0 aliphatic carbocycles. The minimum absolute atomic E-state index is 0.0563. The summed E-state index contributed by atoms with van der Waals surface area (Å²) in [5.74, 6) is -1.45. The summed E-state index contributed by atoms with van der Waals surface area (Å²) in [5, 5.41) is 0. The van der Waals surface area contributed by atoms with E-state index in [9.17, 15) is 22.0 Å². The Labute approximate surface area is 182 Å². The number of hydrogen-bond donors (Lipinski definition) is 0. The number of halogens is 2. The van der Waals surface area contributed by atoms with E-state index in [4.69, 9.17) is 0 Å². The molecule has 31 heavy (non-hydrogen) atoms. The molecule has 1 fully saturated rings. The van der Waals surface area contributed by atoms with Crippen molar-refractivity contribution >= 4 is 15.9 Å². The standard InChI is InChI=1S/C22H27F2N3O3S/c1-16-4-7-20(12-17(16)2)31(29,30)27-10-8-26(9-11-27)22(28)15-25(3)14-18-5-6-19(23)13-21(18)24/h4-7,12-13H,8-11,14-15H2,1-3H3. The highest BCUT2D eigenvalue weighted by Crippen LogP contribution is 2.20. The number of sulfonamides is 1. The maximum Gasteiger partial charge on any atom is 0.243 e. The highest BCUT2D eigenvalue weighted by molar-refractivity contribution is 7.89. The molecule has 168 valence electrons. The van der Waals surface area contributed by atoms with Crippen molar-refractivity contribution in [3.05, 3.63) is 64.7 Å². The average Bonchev–Trinajstić information content (AvgIpc) is 2.72. The quantitative estimate of drug-likeness (QED) is 0.677. The van der Waals surface area contributed by atoms with Gasteiger partial charge in [0.05, 0.1) is 11.4 Å². The minimum Gasteiger partial charge on any atom is -0.339 e. The molecule has 2 aromatic rings. The summed E-state index contributed by atoms with van der Waals surface area (Å²) < 4.78 is 54.1. The molecule has 1 heterocycles. The highest BCUT2D eigenvalue weighted by Gasteiger charge is 2.30. The van der Waals surface area contributed by atoms with Crippen LogP contribution < -0.4 is 0 Å². The topological polar surface area (TPSA) is 60.9 Å². The van der Waals surface area contributed by atoms with Gasteiger partial charge in [0.15, 0.2) is 0 Å². The summed E-state index contributed by atoms with van der Waals surface area (Å²) in [5.41, 5.74) is 2.25. The van der Waals surface area contributed by atoms with Gasteiger partial charge in [-0.1, -0.05) is 12.1 Å². The Morgan fingerprint density at radius 3 is 2.29 bits per heavy atom. The zero-order valence-corrected chi connectivity index (χ0v) is 18.8. The monoisotopic (exact) mass is 451 g/mol. The number of amides is 1. The largest absolute Gasteiger partial charge is 0.339 e. The van der Waals surface area contributed by atoms with Crippen LogP contribution in [0.1, 0.15) is 16.7 Å². The van der Waals surface area contributed by atoms with E-state index in [0.29, 0.717) is 18.7 Å². The molecule has 1 aliphatic rings. The van der Waals surface area contributed by atoms with Gasteiger partial charge < -0.3 is 4.90 Å². The summed E-state index contributed by atoms with van der Waals surface area (Å²) in [6.07, 6.45) is 0. The lowest BCUT2D eigenvalue weighted by molar-refractivity contribution is -0.133. The van der Waals surface area contributed by atoms with Crippen LogP contribution >= 0.6 is 0 Å². The number of hydrogen-bond acceptors (Lipinski definition) is 4. The van der Waals surface area contributed by atoms with Gasteiger partial charge in [0.2, 0.25) is 15.9 Å². The fourth-order valence-corrected chi connectivity index (χ4v) is 5.04. The second kappa shape index (κ2) is 9.42. The van der Waals surface area contributed by atoms with Crippen LogP contribution in [0.15, 0.2) is 41.3 Å². The van der Waals surface area contributed by atoms with E-state index in [1.807, 2.05) is 13.8 Å². The SMILES string of the molecule is Cc1ccc(S(=O)(=O)N2CCN(C(=O)CN(C)Cc3ccc(F)cc3F)CC2)cc1C. The fourth-order valence-electron chi connectivity index (χ4n) is 3.53.